The number of esters is 1. The van der Waals surface area contributed by atoms with Gasteiger partial charge < -0.3 is 10.5 Å². The Balaban J connectivity index is 2.30. The van der Waals surface area contributed by atoms with Gasteiger partial charge in [-0.1, -0.05) is 23.7 Å². The van der Waals surface area contributed by atoms with Crippen LogP contribution in [0.1, 0.15) is 5.56 Å². The molecule has 1 amide bonds. The lowest BCUT2D eigenvalue weighted by Gasteiger charge is -2.12. The van der Waals surface area contributed by atoms with Gasteiger partial charge in [-0.3, -0.25) is 14.6 Å². The molecule has 0 spiro atoms. The van der Waals surface area contributed by atoms with Gasteiger partial charge >= 0.3 is 5.97 Å². The average molecular weight is 296 g/mol. The van der Waals surface area contributed by atoms with Crippen LogP contribution in [0, 0.1) is 5.92 Å². The zero-order chi connectivity index (χ0) is 14.7. The molecule has 2 N–H and O–H groups in total. The maximum Gasteiger partial charge on any atom is 0.316 e. The van der Waals surface area contributed by atoms with E-state index < -0.39 is 17.8 Å². The maximum absolute atomic E-state index is 11.8. The number of hydrogen-bond donors (Lipinski definition) is 1. The lowest BCUT2D eigenvalue weighted by molar-refractivity contribution is -0.143. The summed E-state index contributed by atoms with van der Waals surface area (Å²) in [5, 5.41) is 6.34. The summed E-state index contributed by atoms with van der Waals surface area (Å²) < 4.78 is 4.77. The first-order valence-electron chi connectivity index (χ1n) is 5.96. The van der Waals surface area contributed by atoms with Crippen LogP contribution in [0.2, 0.25) is 5.02 Å². The van der Waals surface area contributed by atoms with Crippen LogP contribution in [0.3, 0.4) is 0 Å². The van der Waals surface area contributed by atoms with E-state index in [1.807, 2.05) is 0 Å². The van der Waals surface area contributed by atoms with Crippen molar-refractivity contribution >= 4 is 29.2 Å². The van der Waals surface area contributed by atoms with E-state index in [9.17, 15) is 9.59 Å². The van der Waals surface area contributed by atoms with E-state index in [1.165, 1.54) is 12.1 Å². The number of hydrogen-bond acceptors (Lipinski definition) is 5. The van der Waals surface area contributed by atoms with Crippen LogP contribution in [0.25, 0.3) is 0 Å². The molecule has 1 aromatic rings. The van der Waals surface area contributed by atoms with Crippen LogP contribution < -0.4 is 5.73 Å². The van der Waals surface area contributed by atoms with Crippen LogP contribution in [0.5, 0.6) is 0 Å². The number of amides is 1. The predicted molar refractivity (Wildman–Crippen MR) is 74.3 cm³/mol. The van der Waals surface area contributed by atoms with Crippen molar-refractivity contribution in [2.75, 3.05) is 20.2 Å². The Morgan fingerprint density at radius 2 is 2.10 bits per heavy atom. The van der Waals surface area contributed by atoms with E-state index in [-0.39, 0.29) is 13.1 Å². The van der Waals surface area contributed by atoms with Gasteiger partial charge in [0, 0.05) is 5.02 Å². The monoisotopic (exact) mass is 295 g/mol. The number of benzene rings is 1. The van der Waals surface area contributed by atoms with Crippen LogP contribution in [-0.2, 0) is 14.3 Å². The third kappa shape index (κ3) is 3.08. The summed E-state index contributed by atoms with van der Waals surface area (Å²) in [6, 6.07) is 6.96. The molecule has 106 valence electrons. The van der Waals surface area contributed by atoms with Gasteiger partial charge in [0.2, 0.25) is 5.91 Å². The van der Waals surface area contributed by atoms with Gasteiger partial charge in [0.15, 0.2) is 0 Å². The fraction of sp³-hybridized carbons (Fsp3) is 0.308. The van der Waals surface area contributed by atoms with Crippen molar-refractivity contribution < 1.29 is 14.3 Å². The summed E-state index contributed by atoms with van der Waals surface area (Å²) in [5.74, 6) is -1.44. The molecule has 1 aromatic carbocycles. The second-order valence-corrected chi connectivity index (χ2v) is 4.82. The molecular weight excluding hydrogens is 282 g/mol. The highest BCUT2D eigenvalue weighted by Gasteiger charge is 2.34. The molecule has 1 heterocycles. The van der Waals surface area contributed by atoms with Crippen molar-refractivity contribution in [2.45, 2.75) is 0 Å². The fourth-order valence-corrected chi connectivity index (χ4v) is 2.17. The van der Waals surface area contributed by atoms with Gasteiger partial charge in [0.05, 0.1) is 19.4 Å². The second-order valence-electron chi connectivity index (χ2n) is 4.38. The first-order valence-corrected chi connectivity index (χ1v) is 6.34. The normalized spacial score (nSPS) is 17.8. The molecule has 1 aliphatic rings. The molecule has 7 heteroatoms. The third-order valence-corrected chi connectivity index (χ3v) is 3.19. The van der Waals surface area contributed by atoms with E-state index >= 15 is 0 Å². The first kappa shape index (κ1) is 14.3. The molecule has 0 aliphatic carbocycles. The van der Waals surface area contributed by atoms with Gasteiger partial charge in [-0.15, -0.1) is 0 Å². The topological polar surface area (TPSA) is 85.0 Å². The van der Waals surface area contributed by atoms with Gasteiger partial charge in [-0.2, -0.15) is 5.10 Å². The standard InChI is InChI=1S/C13H14ClN3O3/c1-20-13(19)10-6-17(7-11(15)18)16-12(10)8-2-4-9(14)5-3-8/h2-5,10H,6-7H2,1H3,(H2,15,18). The number of ether oxygens (including phenoxy) is 1. The Bertz CT molecular complexity index is 556. The average Bonchev–Trinajstić information content (AvgIpc) is 2.81. The van der Waals surface area contributed by atoms with Crippen molar-refractivity contribution in [3.63, 3.8) is 0 Å². The largest absolute Gasteiger partial charge is 0.468 e. The molecule has 2 rings (SSSR count). The van der Waals surface area contributed by atoms with Crippen LogP contribution >= 0.6 is 11.6 Å². The minimum atomic E-state index is -0.541. The Morgan fingerprint density at radius 3 is 2.65 bits per heavy atom. The SMILES string of the molecule is COC(=O)C1CN(CC(N)=O)N=C1c1ccc(Cl)cc1. The lowest BCUT2D eigenvalue weighted by atomic mass is 9.98. The zero-order valence-electron chi connectivity index (χ0n) is 10.9. The van der Waals surface area contributed by atoms with Gasteiger partial charge in [-0.05, 0) is 17.7 Å². The number of nitrogens with zero attached hydrogens (tertiary/aromatic N) is 2. The summed E-state index contributed by atoms with van der Waals surface area (Å²) in [5.41, 5.74) is 6.46. The summed E-state index contributed by atoms with van der Waals surface area (Å²) in [6.07, 6.45) is 0. The third-order valence-electron chi connectivity index (χ3n) is 2.94. The van der Waals surface area contributed by atoms with Crippen molar-refractivity contribution in [3.8, 4) is 0 Å². The van der Waals surface area contributed by atoms with Gasteiger partial charge in [0.25, 0.3) is 0 Å². The molecule has 0 fully saturated rings. The molecule has 0 bridgehead atoms. The Labute approximate surface area is 121 Å². The molecule has 0 saturated heterocycles. The van der Waals surface area contributed by atoms with E-state index in [0.29, 0.717) is 10.7 Å². The number of halogens is 1. The van der Waals surface area contributed by atoms with Crippen molar-refractivity contribution in [1.29, 1.82) is 0 Å². The molecular formula is C13H14ClN3O3. The number of carbonyl (C=O) groups is 2. The minimum Gasteiger partial charge on any atom is -0.468 e. The number of nitrogens with two attached hydrogens (primary N) is 1. The molecule has 0 saturated carbocycles. The van der Waals surface area contributed by atoms with Gasteiger partial charge in [-0.25, -0.2) is 0 Å². The summed E-state index contributed by atoms with van der Waals surface area (Å²) in [7, 11) is 1.32. The highest BCUT2D eigenvalue weighted by atomic mass is 35.5. The molecule has 6 nitrogen and oxygen atoms in total. The summed E-state index contributed by atoms with van der Waals surface area (Å²) >= 11 is 5.84. The maximum atomic E-state index is 11.8. The zero-order valence-corrected chi connectivity index (χ0v) is 11.6. The number of primary amides is 1. The van der Waals surface area contributed by atoms with Crippen LogP contribution in [0.4, 0.5) is 0 Å². The number of hydrazone groups is 1. The smallest absolute Gasteiger partial charge is 0.316 e. The first-order chi connectivity index (χ1) is 9.51. The predicted octanol–water partition coefficient (Wildman–Crippen LogP) is 0.634. The number of carbonyl (C=O) groups excluding carboxylic acids is 2. The van der Waals surface area contributed by atoms with Crippen molar-refractivity contribution in [2.24, 2.45) is 16.8 Å². The van der Waals surface area contributed by atoms with E-state index in [0.717, 1.165) is 5.56 Å². The summed E-state index contributed by atoms with van der Waals surface area (Å²) in [4.78, 5) is 22.8. The van der Waals surface area contributed by atoms with Gasteiger partial charge in [0.1, 0.15) is 12.5 Å². The van der Waals surface area contributed by atoms with Crippen LogP contribution in [0.15, 0.2) is 29.4 Å². The molecule has 0 radical (unpaired) electrons. The van der Waals surface area contributed by atoms with Crippen molar-refractivity contribution in [1.82, 2.24) is 5.01 Å². The Morgan fingerprint density at radius 1 is 1.45 bits per heavy atom. The molecule has 1 unspecified atom stereocenters. The van der Waals surface area contributed by atoms with Crippen molar-refractivity contribution in [3.05, 3.63) is 34.9 Å². The Kier molecular flexibility index (Phi) is 4.24. The summed E-state index contributed by atoms with van der Waals surface area (Å²) in [6.45, 7) is 0.234. The second kappa shape index (κ2) is 5.92. The highest BCUT2D eigenvalue weighted by molar-refractivity contribution is 6.30. The van der Waals surface area contributed by atoms with E-state index in [4.69, 9.17) is 22.1 Å². The number of rotatable bonds is 4. The molecule has 1 aliphatic heterocycles. The quantitative estimate of drug-likeness (QED) is 0.826. The molecule has 1 atom stereocenters. The van der Waals surface area contributed by atoms with E-state index in [1.54, 1.807) is 24.3 Å². The highest BCUT2D eigenvalue weighted by Crippen LogP contribution is 2.22. The minimum absolute atomic E-state index is 0.0371. The lowest BCUT2D eigenvalue weighted by Crippen LogP contribution is -2.32. The Hall–Kier alpha value is -2.08. The molecule has 20 heavy (non-hydrogen) atoms. The fourth-order valence-electron chi connectivity index (χ4n) is 2.05. The number of methoxy groups -OCH3 is 1. The van der Waals surface area contributed by atoms with E-state index in [2.05, 4.69) is 5.10 Å². The van der Waals surface area contributed by atoms with Crippen LogP contribution in [-0.4, -0.2) is 42.8 Å². The molecule has 0 aromatic heterocycles.